The average molecular weight is 261 g/mol. The van der Waals surface area contributed by atoms with E-state index in [4.69, 9.17) is 4.74 Å². The summed E-state index contributed by atoms with van der Waals surface area (Å²) in [7, 11) is 1.71. The fourth-order valence-corrected chi connectivity index (χ4v) is 2.88. The molecule has 1 aliphatic heterocycles. The molecule has 2 rings (SSSR count). The van der Waals surface area contributed by atoms with Gasteiger partial charge in [0.1, 0.15) is 0 Å². The lowest BCUT2D eigenvalue weighted by Gasteiger charge is -2.34. The highest BCUT2D eigenvalue weighted by atomic mass is 16.5. The fraction of sp³-hybridized carbons (Fsp3) is 0.562. The van der Waals surface area contributed by atoms with Crippen molar-refractivity contribution in [3.05, 3.63) is 35.4 Å². The van der Waals surface area contributed by atoms with Crippen molar-refractivity contribution >= 4 is 5.91 Å². The van der Waals surface area contributed by atoms with E-state index in [0.717, 1.165) is 12.8 Å². The van der Waals surface area contributed by atoms with Crippen molar-refractivity contribution in [3.63, 3.8) is 0 Å². The van der Waals surface area contributed by atoms with Crippen LogP contribution >= 0.6 is 0 Å². The molecule has 3 heteroatoms. The Bertz CT molecular complexity index is 456. The number of rotatable bonds is 5. The van der Waals surface area contributed by atoms with Crippen LogP contribution in [0.5, 0.6) is 0 Å². The van der Waals surface area contributed by atoms with Gasteiger partial charge in [-0.3, -0.25) is 4.79 Å². The maximum Gasteiger partial charge on any atom is 0.220 e. The molecule has 1 heterocycles. The minimum absolute atomic E-state index is 0.0963. The number of methoxy groups -OCH3 is 1. The number of carbonyl (C=O) groups excluding carboxylic acids is 1. The molecule has 0 radical (unpaired) electrons. The summed E-state index contributed by atoms with van der Waals surface area (Å²) < 4.78 is 5.26. The molecule has 0 aliphatic carbocycles. The van der Waals surface area contributed by atoms with Crippen LogP contribution in [0.15, 0.2) is 24.3 Å². The Labute approximate surface area is 115 Å². The van der Waals surface area contributed by atoms with Crippen molar-refractivity contribution in [2.45, 2.75) is 45.3 Å². The van der Waals surface area contributed by atoms with E-state index in [0.29, 0.717) is 18.9 Å². The summed E-state index contributed by atoms with van der Waals surface area (Å²) in [5.74, 6) is 0.604. The van der Waals surface area contributed by atoms with Crippen molar-refractivity contribution in [2.24, 2.45) is 5.92 Å². The third-order valence-corrected chi connectivity index (χ3v) is 4.22. The van der Waals surface area contributed by atoms with Gasteiger partial charge in [0.15, 0.2) is 0 Å². The molecule has 1 saturated heterocycles. The van der Waals surface area contributed by atoms with Gasteiger partial charge >= 0.3 is 0 Å². The molecule has 0 aromatic heterocycles. The summed E-state index contributed by atoms with van der Waals surface area (Å²) in [6, 6.07) is 8.33. The maximum absolute atomic E-state index is 11.6. The molecule has 19 heavy (non-hydrogen) atoms. The van der Waals surface area contributed by atoms with Crippen LogP contribution in [0, 0.1) is 5.92 Å². The summed E-state index contributed by atoms with van der Waals surface area (Å²) in [5.41, 5.74) is 2.40. The van der Waals surface area contributed by atoms with Crippen LogP contribution < -0.4 is 5.32 Å². The monoisotopic (exact) mass is 261 g/mol. The highest BCUT2D eigenvalue weighted by molar-refractivity contribution is 5.79. The van der Waals surface area contributed by atoms with Gasteiger partial charge in [0.05, 0.1) is 6.61 Å². The predicted molar refractivity (Wildman–Crippen MR) is 75.8 cm³/mol. The molecule has 1 atom stereocenters. The Balaban J connectivity index is 2.25. The molecule has 1 aliphatic rings. The van der Waals surface area contributed by atoms with Crippen molar-refractivity contribution < 1.29 is 9.53 Å². The molecular weight excluding hydrogens is 238 g/mol. The minimum Gasteiger partial charge on any atom is -0.380 e. The number of carbonyl (C=O) groups is 1. The van der Waals surface area contributed by atoms with Gasteiger partial charge in [-0.05, 0) is 29.9 Å². The topological polar surface area (TPSA) is 38.3 Å². The maximum atomic E-state index is 11.6. The molecule has 1 fully saturated rings. The standard InChI is InChI=1S/C16H23NO2/c1-12(2)16(9-8-15(18)17-16)10-13-6-4-5-7-14(13)11-19-3/h4-7,12H,8-11H2,1-3H3,(H,17,18). The molecule has 104 valence electrons. The Morgan fingerprint density at radius 2 is 2.00 bits per heavy atom. The largest absolute Gasteiger partial charge is 0.380 e. The van der Waals surface area contributed by atoms with Crippen molar-refractivity contribution in [1.29, 1.82) is 0 Å². The average Bonchev–Trinajstić information content (AvgIpc) is 2.75. The Kier molecular flexibility index (Phi) is 4.25. The first kappa shape index (κ1) is 14.1. The summed E-state index contributed by atoms with van der Waals surface area (Å²) in [5, 5.41) is 3.20. The molecule has 0 saturated carbocycles. The smallest absolute Gasteiger partial charge is 0.220 e. The summed E-state index contributed by atoms with van der Waals surface area (Å²) >= 11 is 0. The molecule has 1 aromatic rings. The number of amides is 1. The van der Waals surface area contributed by atoms with E-state index in [1.165, 1.54) is 11.1 Å². The van der Waals surface area contributed by atoms with Crippen LogP contribution in [0.1, 0.15) is 37.8 Å². The predicted octanol–water partition coefficient (Wildman–Crippen LogP) is 2.68. The normalized spacial score (nSPS) is 22.8. The van der Waals surface area contributed by atoms with E-state index in [2.05, 4.69) is 37.4 Å². The highest BCUT2D eigenvalue weighted by Gasteiger charge is 2.40. The van der Waals surface area contributed by atoms with E-state index in [-0.39, 0.29) is 11.4 Å². The summed E-state index contributed by atoms with van der Waals surface area (Å²) in [6.07, 6.45) is 2.45. The number of nitrogens with one attached hydrogen (secondary N) is 1. The zero-order chi connectivity index (χ0) is 13.9. The van der Waals surface area contributed by atoms with Crippen molar-refractivity contribution in [1.82, 2.24) is 5.32 Å². The first-order chi connectivity index (χ1) is 9.07. The van der Waals surface area contributed by atoms with Crippen LogP contribution in [0.4, 0.5) is 0 Å². The molecule has 0 bridgehead atoms. The SMILES string of the molecule is COCc1ccccc1CC1(C(C)C)CCC(=O)N1. The van der Waals surface area contributed by atoms with Gasteiger partial charge < -0.3 is 10.1 Å². The zero-order valence-electron chi connectivity index (χ0n) is 12.0. The minimum atomic E-state index is -0.0963. The molecular formula is C16H23NO2. The molecule has 1 N–H and O–H groups in total. The van der Waals surface area contributed by atoms with Gasteiger partial charge in [0.2, 0.25) is 5.91 Å². The number of benzene rings is 1. The zero-order valence-corrected chi connectivity index (χ0v) is 12.0. The van der Waals surface area contributed by atoms with Gasteiger partial charge in [0.25, 0.3) is 0 Å². The lowest BCUT2D eigenvalue weighted by Crippen LogP contribution is -2.48. The summed E-state index contributed by atoms with van der Waals surface area (Å²) in [4.78, 5) is 11.6. The van der Waals surface area contributed by atoms with Gasteiger partial charge in [-0.1, -0.05) is 38.1 Å². The van der Waals surface area contributed by atoms with E-state index in [9.17, 15) is 4.79 Å². The van der Waals surface area contributed by atoms with E-state index >= 15 is 0 Å². The third-order valence-electron chi connectivity index (χ3n) is 4.22. The molecule has 1 unspecified atom stereocenters. The molecule has 1 amide bonds. The quantitative estimate of drug-likeness (QED) is 0.885. The Morgan fingerprint density at radius 3 is 2.53 bits per heavy atom. The van der Waals surface area contributed by atoms with E-state index in [1.54, 1.807) is 7.11 Å². The molecule has 0 spiro atoms. The number of hydrogen-bond acceptors (Lipinski definition) is 2. The van der Waals surface area contributed by atoms with Crippen LogP contribution in [0.25, 0.3) is 0 Å². The van der Waals surface area contributed by atoms with Crippen molar-refractivity contribution in [2.75, 3.05) is 7.11 Å². The Hall–Kier alpha value is -1.35. The Morgan fingerprint density at radius 1 is 1.32 bits per heavy atom. The van der Waals surface area contributed by atoms with Gasteiger partial charge in [-0.25, -0.2) is 0 Å². The van der Waals surface area contributed by atoms with Crippen molar-refractivity contribution in [3.8, 4) is 0 Å². The van der Waals surface area contributed by atoms with Gasteiger partial charge in [-0.15, -0.1) is 0 Å². The van der Waals surface area contributed by atoms with Gasteiger partial charge in [-0.2, -0.15) is 0 Å². The fourth-order valence-electron chi connectivity index (χ4n) is 2.88. The van der Waals surface area contributed by atoms with Crippen LogP contribution in [-0.2, 0) is 22.6 Å². The first-order valence-corrected chi connectivity index (χ1v) is 6.94. The second kappa shape index (κ2) is 5.74. The molecule has 1 aromatic carbocycles. The first-order valence-electron chi connectivity index (χ1n) is 6.94. The van der Waals surface area contributed by atoms with Crippen LogP contribution in [0.2, 0.25) is 0 Å². The van der Waals surface area contributed by atoms with E-state index < -0.39 is 0 Å². The highest BCUT2D eigenvalue weighted by Crippen LogP contribution is 2.32. The number of ether oxygens (including phenoxy) is 1. The lowest BCUT2D eigenvalue weighted by atomic mass is 9.79. The second-order valence-electron chi connectivity index (χ2n) is 5.74. The van der Waals surface area contributed by atoms with Gasteiger partial charge in [0, 0.05) is 19.1 Å². The van der Waals surface area contributed by atoms with E-state index in [1.807, 2.05) is 6.07 Å². The lowest BCUT2D eigenvalue weighted by molar-refractivity contribution is -0.120. The van der Waals surface area contributed by atoms with Crippen LogP contribution in [-0.4, -0.2) is 18.6 Å². The number of hydrogen-bond donors (Lipinski definition) is 1. The second-order valence-corrected chi connectivity index (χ2v) is 5.74. The third kappa shape index (κ3) is 2.98. The molecule has 3 nitrogen and oxygen atoms in total. The van der Waals surface area contributed by atoms with Crippen LogP contribution in [0.3, 0.4) is 0 Å². The summed E-state index contributed by atoms with van der Waals surface area (Å²) in [6.45, 7) is 4.99.